The number of amides is 1. The standard InChI is InChI=1S/C13H26N2O2.C12H10/c1-13(2,3)17-12(16)14-8-7-11-15-9-5-4-6-10-15;1-3-7-11(8-4-1)12-9-5-2-6-10-12/h4-11H2,1-3H3,(H,14,16);1-10H. The van der Waals surface area contributed by atoms with Crippen molar-refractivity contribution in [2.75, 3.05) is 26.2 Å². The van der Waals surface area contributed by atoms with Gasteiger partial charge in [0, 0.05) is 6.54 Å². The molecule has 1 N–H and O–H groups in total. The lowest BCUT2D eigenvalue weighted by Gasteiger charge is -2.26. The van der Waals surface area contributed by atoms with Crippen LogP contribution in [0.15, 0.2) is 60.7 Å². The number of ether oxygens (including phenoxy) is 1. The van der Waals surface area contributed by atoms with E-state index in [-0.39, 0.29) is 6.09 Å². The Morgan fingerprint density at radius 2 is 1.41 bits per heavy atom. The Bertz CT molecular complexity index is 652. The van der Waals surface area contributed by atoms with Crippen LogP contribution < -0.4 is 5.32 Å². The number of carbonyl (C=O) groups excluding carboxylic acids is 1. The minimum atomic E-state index is -0.406. The third-order valence-electron chi connectivity index (χ3n) is 4.65. The van der Waals surface area contributed by atoms with Crippen molar-refractivity contribution in [2.45, 2.75) is 52.1 Å². The first-order valence-corrected chi connectivity index (χ1v) is 10.7. The van der Waals surface area contributed by atoms with Gasteiger partial charge in [-0.15, -0.1) is 0 Å². The lowest BCUT2D eigenvalue weighted by Crippen LogP contribution is -2.35. The summed E-state index contributed by atoms with van der Waals surface area (Å²) in [5, 5.41) is 2.79. The summed E-state index contributed by atoms with van der Waals surface area (Å²) in [7, 11) is 0. The molecule has 1 heterocycles. The van der Waals surface area contributed by atoms with Crippen molar-refractivity contribution in [3.05, 3.63) is 60.7 Å². The third-order valence-corrected chi connectivity index (χ3v) is 4.65. The maximum Gasteiger partial charge on any atom is 0.407 e. The molecule has 0 bridgehead atoms. The van der Waals surface area contributed by atoms with Gasteiger partial charge in [-0.05, 0) is 70.8 Å². The molecule has 1 fully saturated rings. The van der Waals surface area contributed by atoms with E-state index in [1.54, 1.807) is 0 Å². The zero-order chi connectivity index (χ0) is 21.0. The van der Waals surface area contributed by atoms with Gasteiger partial charge in [-0.1, -0.05) is 67.1 Å². The SMILES string of the molecule is CC(C)(C)OC(=O)NCCCN1CCCCC1.c1ccc(-c2ccccc2)cc1. The van der Waals surface area contributed by atoms with Crippen molar-refractivity contribution in [1.29, 1.82) is 0 Å². The number of likely N-dealkylation sites (tertiary alicyclic amines) is 1. The van der Waals surface area contributed by atoms with Crippen molar-refractivity contribution in [3.63, 3.8) is 0 Å². The smallest absolute Gasteiger partial charge is 0.407 e. The van der Waals surface area contributed by atoms with Gasteiger partial charge in [0.1, 0.15) is 5.60 Å². The van der Waals surface area contributed by atoms with E-state index in [4.69, 9.17) is 4.74 Å². The van der Waals surface area contributed by atoms with Crippen LogP contribution in [0.4, 0.5) is 4.79 Å². The lowest BCUT2D eigenvalue weighted by molar-refractivity contribution is 0.0525. The van der Waals surface area contributed by atoms with E-state index in [1.165, 1.54) is 43.5 Å². The van der Waals surface area contributed by atoms with Gasteiger partial charge in [-0.25, -0.2) is 4.79 Å². The maximum absolute atomic E-state index is 11.4. The zero-order valence-corrected chi connectivity index (χ0v) is 18.2. The molecule has 0 unspecified atom stereocenters. The monoisotopic (exact) mass is 396 g/mol. The molecule has 2 aromatic carbocycles. The molecule has 4 heteroatoms. The summed E-state index contributed by atoms with van der Waals surface area (Å²) in [4.78, 5) is 13.8. The summed E-state index contributed by atoms with van der Waals surface area (Å²) >= 11 is 0. The van der Waals surface area contributed by atoms with Crippen molar-refractivity contribution in [2.24, 2.45) is 0 Å². The Hall–Kier alpha value is -2.33. The van der Waals surface area contributed by atoms with Crippen LogP contribution in [0.1, 0.15) is 46.5 Å². The predicted molar refractivity (Wildman–Crippen MR) is 121 cm³/mol. The Kier molecular flexibility index (Phi) is 9.72. The molecule has 0 spiro atoms. The molecule has 2 aromatic rings. The molecule has 0 atom stereocenters. The van der Waals surface area contributed by atoms with Crippen LogP contribution in [0.3, 0.4) is 0 Å². The van der Waals surface area contributed by atoms with E-state index in [0.29, 0.717) is 6.54 Å². The van der Waals surface area contributed by atoms with Gasteiger partial charge >= 0.3 is 6.09 Å². The minimum Gasteiger partial charge on any atom is -0.444 e. The number of nitrogens with one attached hydrogen (secondary N) is 1. The summed E-state index contributed by atoms with van der Waals surface area (Å²) < 4.78 is 5.17. The van der Waals surface area contributed by atoms with Crippen molar-refractivity contribution in [3.8, 4) is 11.1 Å². The van der Waals surface area contributed by atoms with Gasteiger partial charge in [0.05, 0.1) is 0 Å². The first-order chi connectivity index (χ1) is 13.9. The molecular formula is C25H36N2O2. The fourth-order valence-corrected chi connectivity index (χ4v) is 3.25. The van der Waals surface area contributed by atoms with Gasteiger partial charge in [-0.2, -0.15) is 0 Å². The van der Waals surface area contributed by atoms with Crippen LogP contribution in [-0.4, -0.2) is 42.8 Å². The fraction of sp³-hybridized carbons (Fsp3) is 0.480. The van der Waals surface area contributed by atoms with E-state index < -0.39 is 5.60 Å². The van der Waals surface area contributed by atoms with E-state index in [2.05, 4.69) is 58.7 Å². The average Bonchev–Trinajstić information content (AvgIpc) is 2.73. The largest absolute Gasteiger partial charge is 0.444 e. The van der Waals surface area contributed by atoms with Gasteiger partial charge in [-0.3, -0.25) is 0 Å². The van der Waals surface area contributed by atoms with E-state index in [0.717, 1.165) is 13.0 Å². The second kappa shape index (κ2) is 12.3. The highest BCUT2D eigenvalue weighted by Gasteiger charge is 2.15. The lowest BCUT2D eigenvalue weighted by atomic mass is 10.1. The molecule has 0 radical (unpaired) electrons. The number of carbonyl (C=O) groups is 1. The molecule has 158 valence electrons. The van der Waals surface area contributed by atoms with Gasteiger partial charge in [0.2, 0.25) is 0 Å². The molecule has 0 aliphatic carbocycles. The van der Waals surface area contributed by atoms with Crippen LogP contribution in [-0.2, 0) is 4.74 Å². The number of hydrogen-bond acceptors (Lipinski definition) is 3. The predicted octanol–water partition coefficient (Wildman–Crippen LogP) is 5.74. The van der Waals surface area contributed by atoms with Crippen LogP contribution >= 0.6 is 0 Å². The van der Waals surface area contributed by atoms with Gasteiger partial charge < -0.3 is 15.0 Å². The minimum absolute atomic E-state index is 0.309. The fourth-order valence-electron chi connectivity index (χ4n) is 3.25. The number of alkyl carbamates (subject to hydrolysis) is 1. The quantitative estimate of drug-likeness (QED) is 0.655. The highest BCUT2D eigenvalue weighted by Crippen LogP contribution is 2.17. The summed E-state index contributed by atoms with van der Waals surface area (Å²) in [5.74, 6) is 0. The zero-order valence-electron chi connectivity index (χ0n) is 18.2. The molecule has 0 saturated carbocycles. The molecule has 1 aliphatic rings. The highest BCUT2D eigenvalue weighted by atomic mass is 16.6. The molecule has 0 aromatic heterocycles. The Labute approximate surface area is 176 Å². The van der Waals surface area contributed by atoms with Gasteiger partial charge in [0.15, 0.2) is 0 Å². The topological polar surface area (TPSA) is 41.6 Å². The van der Waals surface area contributed by atoms with Crippen molar-refractivity contribution in [1.82, 2.24) is 10.2 Å². The molecule has 1 amide bonds. The average molecular weight is 397 g/mol. The molecular weight excluding hydrogens is 360 g/mol. The molecule has 29 heavy (non-hydrogen) atoms. The Morgan fingerprint density at radius 3 is 1.90 bits per heavy atom. The van der Waals surface area contributed by atoms with E-state index in [9.17, 15) is 4.79 Å². The third kappa shape index (κ3) is 10.1. The molecule has 1 saturated heterocycles. The summed E-state index contributed by atoms with van der Waals surface area (Å²) in [6.45, 7) is 9.83. The first-order valence-electron chi connectivity index (χ1n) is 10.7. The number of hydrogen-bond donors (Lipinski definition) is 1. The van der Waals surface area contributed by atoms with Crippen molar-refractivity contribution < 1.29 is 9.53 Å². The van der Waals surface area contributed by atoms with Gasteiger partial charge in [0.25, 0.3) is 0 Å². The number of nitrogens with zero attached hydrogens (tertiary/aromatic N) is 1. The van der Waals surface area contributed by atoms with E-state index in [1.807, 2.05) is 32.9 Å². The van der Waals surface area contributed by atoms with E-state index >= 15 is 0 Å². The second-order valence-corrected chi connectivity index (χ2v) is 8.42. The van der Waals surface area contributed by atoms with Crippen LogP contribution in [0.2, 0.25) is 0 Å². The molecule has 4 nitrogen and oxygen atoms in total. The van der Waals surface area contributed by atoms with Crippen LogP contribution in [0.25, 0.3) is 11.1 Å². The van der Waals surface area contributed by atoms with Crippen molar-refractivity contribution >= 4 is 6.09 Å². The molecule has 1 aliphatic heterocycles. The number of piperidine rings is 1. The van der Waals surface area contributed by atoms with Crippen LogP contribution in [0.5, 0.6) is 0 Å². The Balaban J connectivity index is 0.000000218. The normalized spacial score (nSPS) is 14.4. The first kappa shape index (κ1) is 23.0. The summed E-state index contributed by atoms with van der Waals surface area (Å²) in [6.07, 6.45) is 4.70. The summed E-state index contributed by atoms with van der Waals surface area (Å²) in [5.41, 5.74) is 2.15. The maximum atomic E-state index is 11.4. The highest BCUT2D eigenvalue weighted by molar-refractivity contribution is 5.67. The second-order valence-electron chi connectivity index (χ2n) is 8.42. The number of benzene rings is 2. The molecule has 3 rings (SSSR count). The summed E-state index contributed by atoms with van der Waals surface area (Å²) in [6, 6.07) is 20.8. The Morgan fingerprint density at radius 1 is 0.897 bits per heavy atom. The number of rotatable bonds is 5. The van der Waals surface area contributed by atoms with Crippen LogP contribution in [0, 0.1) is 0 Å².